The number of hydrogen-bond acceptors (Lipinski definition) is 5. The summed E-state index contributed by atoms with van der Waals surface area (Å²) in [5.74, 6) is 1.56. The molecule has 1 saturated carbocycles. The fraction of sp³-hybridized carbons (Fsp3) is 0.524. The molecule has 7 heteroatoms. The fourth-order valence-electron chi connectivity index (χ4n) is 3.11. The molecule has 0 N–H and O–H groups in total. The summed E-state index contributed by atoms with van der Waals surface area (Å²) in [6, 6.07) is 8.60. The Morgan fingerprint density at radius 1 is 1.32 bits per heavy atom. The minimum Gasteiger partial charge on any atom is -0.311 e. The molecule has 0 radical (unpaired) electrons. The van der Waals surface area contributed by atoms with E-state index in [0.29, 0.717) is 24.9 Å². The Morgan fingerprint density at radius 3 is 2.68 bits per heavy atom. The SMILES string of the molecule is Cc1ccc(N(CCC#N)C(=O)CSc2nnc(C(C)C)n2C2CC2)cc1C. The van der Waals surface area contributed by atoms with E-state index in [9.17, 15) is 4.79 Å². The van der Waals surface area contributed by atoms with Gasteiger partial charge in [-0.3, -0.25) is 4.79 Å². The normalized spacial score (nSPS) is 13.6. The molecule has 1 fully saturated rings. The second-order valence-electron chi connectivity index (χ2n) is 7.61. The molecule has 1 aliphatic rings. The van der Waals surface area contributed by atoms with Gasteiger partial charge in [-0.1, -0.05) is 31.7 Å². The number of carbonyl (C=O) groups is 1. The molecule has 1 aromatic heterocycles. The van der Waals surface area contributed by atoms with Crippen LogP contribution in [0.4, 0.5) is 5.69 Å². The van der Waals surface area contributed by atoms with Crippen LogP contribution in [-0.2, 0) is 4.79 Å². The van der Waals surface area contributed by atoms with Crippen molar-refractivity contribution in [2.45, 2.75) is 64.1 Å². The minimum atomic E-state index is -0.0139. The summed E-state index contributed by atoms with van der Waals surface area (Å²) in [6.07, 6.45) is 2.60. The van der Waals surface area contributed by atoms with Gasteiger partial charge < -0.3 is 9.47 Å². The largest absolute Gasteiger partial charge is 0.311 e. The van der Waals surface area contributed by atoms with Crippen LogP contribution in [-0.4, -0.2) is 33.0 Å². The number of nitrogens with zero attached hydrogens (tertiary/aromatic N) is 5. The van der Waals surface area contributed by atoms with Crippen LogP contribution in [0.3, 0.4) is 0 Å². The van der Waals surface area contributed by atoms with Crippen LogP contribution in [0.15, 0.2) is 23.4 Å². The zero-order chi connectivity index (χ0) is 20.3. The predicted octanol–water partition coefficient (Wildman–Crippen LogP) is 4.39. The first-order valence-corrected chi connectivity index (χ1v) is 10.7. The van der Waals surface area contributed by atoms with Gasteiger partial charge in [0.15, 0.2) is 5.16 Å². The van der Waals surface area contributed by atoms with Crippen molar-refractivity contribution >= 4 is 23.4 Å². The summed E-state index contributed by atoms with van der Waals surface area (Å²) in [5.41, 5.74) is 3.16. The first kappa shape index (κ1) is 20.4. The van der Waals surface area contributed by atoms with E-state index in [1.165, 1.54) is 17.3 Å². The number of nitriles is 1. The van der Waals surface area contributed by atoms with Gasteiger partial charge in [0.1, 0.15) is 5.82 Å². The third kappa shape index (κ3) is 4.56. The Kier molecular flexibility index (Phi) is 6.40. The lowest BCUT2D eigenvalue weighted by molar-refractivity contribution is -0.116. The van der Waals surface area contributed by atoms with Crippen molar-refractivity contribution in [1.29, 1.82) is 5.26 Å². The van der Waals surface area contributed by atoms with Gasteiger partial charge in [-0.25, -0.2) is 0 Å². The molecular formula is C21H27N5OS. The number of benzene rings is 1. The molecule has 3 rings (SSSR count). The van der Waals surface area contributed by atoms with Crippen LogP contribution in [0.25, 0.3) is 0 Å². The molecule has 1 heterocycles. The third-order valence-electron chi connectivity index (χ3n) is 4.99. The van der Waals surface area contributed by atoms with Crippen LogP contribution in [0.1, 0.15) is 62.0 Å². The number of thioether (sulfide) groups is 1. The molecule has 1 aliphatic carbocycles. The quantitative estimate of drug-likeness (QED) is 0.618. The molecular weight excluding hydrogens is 370 g/mol. The summed E-state index contributed by atoms with van der Waals surface area (Å²) in [5, 5.41) is 18.5. The molecule has 0 aliphatic heterocycles. The maximum Gasteiger partial charge on any atom is 0.237 e. The standard InChI is InChI=1S/C21H27N5OS/c1-14(2)20-23-24-21(26(20)17-8-9-17)28-13-19(27)25(11-5-10-22)18-7-6-15(3)16(4)12-18/h6-7,12,14,17H,5,8-9,11,13H2,1-4H3. The summed E-state index contributed by atoms with van der Waals surface area (Å²) < 4.78 is 2.21. The smallest absolute Gasteiger partial charge is 0.237 e. The number of rotatable bonds is 8. The van der Waals surface area contributed by atoms with Gasteiger partial charge in [0.2, 0.25) is 5.91 Å². The second kappa shape index (κ2) is 8.78. The zero-order valence-electron chi connectivity index (χ0n) is 17.0. The van der Waals surface area contributed by atoms with Crippen LogP contribution in [0, 0.1) is 25.2 Å². The Labute approximate surface area is 170 Å². The van der Waals surface area contributed by atoms with Gasteiger partial charge in [-0.2, -0.15) is 5.26 Å². The van der Waals surface area contributed by atoms with E-state index in [1.807, 2.05) is 32.0 Å². The number of aromatic nitrogens is 3. The minimum absolute atomic E-state index is 0.0139. The lowest BCUT2D eigenvalue weighted by atomic mass is 10.1. The first-order valence-electron chi connectivity index (χ1n) is 9.74. The molecule has 0 saturated heterocycles. The Bertz CT molecular complexity index is 895. The van der Waals surface area contributed by atoms with Crippen molar-refractivity contribution in [3.63, 3.8) is 0 Å². The number of anilines is 1. The highest BCUT2D eigenvalue weighted by Crippen LogP contribution is 2.40. The van der Waals surface area contributed by atoms with Crippen LogP contribution in [0.2, 0.25) is 0 Å². The number of aryl methyl sites for hydroxylation is 2. The van der Waals surface area contributed by atoms with Gasteiger partial charge in [0.05, 0.1) is 18.2 Å². The molecule has 148 valence electrons. The van der Waals surface area contributed by atoms with Gasteiger partial charge in [0, 0.05) is 24.2 Å². The van der Waals surface area contributed by atoms with Crippen molar-refractivity contribution in [2.24, 2.45) is 0 Å². The van der Waals surface area contributed by atoms with Gasteiger partial charge in [0.25, 0.3) is 0 Å². The van der Waals surface area contributed by atoms with Crippen LogP contribution in [0.5, 0.6) is 0 Å². The van der Waals surface area contributed by atoms with Crippen LogP contribution < -0.4 is 4.90 Å². The van der Waals surface area contributed by atoms with Crippen molar-refractivity contribution in [2.75, 3.05) is 17.2 Å². The van der Waals surface area contributed by atoms with Crippen molar-refractivity contribution in [1.82, 2.24) is 14.8 Å². The Morgan fingerprint density at radius 2 is 2.07 bits per heavy atom. The lowest BCUT2D eigenvalue weighted by Gasteiger charge is -2.22. The average Bonchev–Trinajstić information content (AvgIpc) is 3.41. The monoisotopic (exact) mass is 397 g/mol. The Hall–Kier alpha value is -2.33. The van der Waals surface area contributed by atoms with Crippen LogP contribution >= 0.6 is 11.8 Å². The van der Waals surface area contributed by atoms with Crippen molar-refractivity contribution in [3.8, 4) is 6.07 Å². The lowest BCUT2D eigenvalue weighted by Crippen LogP contribution is -2.33. The van der Waals surface area contributed by atoms with Gasteiger partial charge >= 0.3 is 0 Å². The molecule has 0 spiro atoms. The Balaban J connectivity index is 1.75. The molecule has 1 aromatic carbocycles. The summed E-state index contributed by atoms with van der Waals surface area (Å²) >= 11 is 1.44. The predicted molar refractivity (Wildman–Crippen MR) is 112 cm³/mol. The summed E-state index contributed by atoms with van der Waals surface area (Å²) in [7, 11) is 0. The highest BCUT2D eigenvalue weighted by molar-refractivity contribution is 7.99. The van der Waals surface area contributed by atoms with Crippen molar-refractivity contribution in [3.05, 3.63) is 35.2 Å². The summed E-state index contributed by atoms with van der Waals surface area (Å²) in [4.78, 5) is 14.7. The molecule has 28 heavy (non-hydrogen) atoms. The molecule has 0 atom stereocenters. The number of hydrogen-bond donors (Lipinski definition) is 0. The number of carbonyl (C=O) groups excluding carboxylic acids is 1. The van der Waals surface area contributed by atoms with E-state index in [2.05, 4.69) is 34.7 Å². The third-order valence-corrected chi connectivity index (χ3v) is 5.92. The topological polar surface area (TPSA) is 74.8 Å². The van der Waals surface area contributed by atoms with Gasteiger partial charge in [-0.05, 0) is 49.9 Å². The molecule has 2 aromatic rings. The zero-order valence-corrected chi connectivity index (χ0v) is 17.8. The maximum atomic E-state index is 13.0. The number of amides is 1. The van der Waals surface area contributed by atoms with E-state index < -0.39 is 0 Å². The summed E-state index contributed by atoms with van der Waals surface area (Å²) in [6.45, 7) is 8.71. The van der Waals surface area contributed by atoms with E-state index in [-0.39, 0.29) is 11.7 Å². The van der Waals surface area contributed by atoms with E-state index >= 15 is 0 Å². The highest BCUT2D eigenvalue weighted by atomic mass is 32.2. The average molecular weight is 398 g/mol. The fourth-order valence-corrected chi connectivity index (χ4v) is 4.00. The van der Waals surface area contributed by atoms with Gasteiger partial charge in [-0.15, -0.1) is 10.2 Å². The molecule has 1 amide bonds. The molecule has 0 bridgehead atoms. The maximum absolute atomic E-state index is 13.0. The van der Waals surface area contributed by atoms with E-state index in [1.54, 1.807) is 4.90 Å². The second-order valence-corrected chi connectivity index (χ2v) is 8.55. The first-order chi connectivity index (χ1) is 13.4. The highest BCUT2D eigenvalue weighted by Gasteiger charge is 2.31. The van der Waals surface area contributed by atoms with E-state index in [4.69, 9.17) is 5.26 Å². The molecule has 6 nitrogen and oxygen atoms in total. The van der Waals surface area contributed by atoms with E-state index in [0.717, 1.165) is 35.1 Å². The molecule has 0 unspecified atom stereocenters. The van der Waals surface area contributed by atoms with Crippen molar-refractivity contribution < 1.29 is 4.79 Å².